The molecule has 0 aliphatic heterocycles. The van der Waals surface area contributed by atoms with E-state index in [9.17, 15) is 0 Å². The van der Waals surface area contributed by atoms with Gasteiger partial charge in [-0.3, -0.25) is 0 Å². The predicted octanol–water partition coefficient (Wildman–Crippen LogP) is 5.65. The summed E-state index contributed by atoms with van der Waals surface area (Å²) in [4.78, 5) is 4.13. The molecule has 0 bridgehead atoms. The van der Waals surface area contributed by atoms with Crippen molar-refractivity contribution in [1.29, 1.82) is 0 Å². The monoisotopic (exact) mass is 301 g/mol. The van der Waals surface area contributed by atoms with Crippen LogP contribution in [0.2, 0.25) is 0 Å². The molecule has 0 N–H and O–H groups in total. The van der Waals surface area contributed by atoms with Gasteiger partial charge in [0.05, 0.1) is 5.69 Å². The summed E-state index contributed by atoms with van der Waals surface area (Å²) < 4.78 is 0. The van der Waals surface area contributed by atoms with E-state index >= 15 is 0 Å². The Morgan fingerprint density at radius 3 is 2.00 bits per heavy atom. The second-order valence-electron chi connectivity index (χ2n) is 4.74. The van der Waals surface area contributed by atoms with Crippen molar-refractivity contribution in [1.82, 2.24) is 4.98 Å². The van der Waals surface area contributed by atoms with Crippen molar-refractivity contribution in [2.75, 3.05) is 0 Å². The van der Waals surface area contributed by atoms with Crippen LogP contribution in [0.5, 0.6) is 0 Å². The Kier molecular flexibility index (Phi) is 4.93. The molecule has 1 atom stereocenters. The van der Waals surface area contributed by atoms with Crippen LogP contribution in [0, 0.1) is 0 Å². The number of hydrogen-bond donors (Lipinski definition) is 0. The van der Waals surface area contributed by atoms with Gasteiger partial charge in [0, 0.05) is 11.8 Å². The number of azo groups is 2. The zero-order valence-corrected chi connectivity index (χ0v) is 12.4. The lowest BCUT2D eigenvalue weighted by atomic mass is 10.2. The molecule has 0 aliphatic rings. The zero-order chi connectivity index (χ0) is 15.7. The molecule has 1 heterocycles. The second-order valence-corrected chi connectivity index (χ2v) is 4.74. The van der Waals surface area contributed by atoms with Crippen LogP contribution in [0.4, 0.5) is 11.5 Å². The third-order valence-electron chi connectivity index (χ3n) is 3.06. The van der Waals surface area contributed by atoms with Crippen molar-refractivity contribution in [3.05, 3.63) is 90.6 Å². The number of rotatable bonds is 5. The van der Waals surface area contributed by atoms with Gasteiger partial charge in [-0.05, 0) is 24.3 Å². The summed E-state index contributed by atoms with van der Waals surface area (Å²) >= 11 is 0. The highest BCUT2D eigenvalue weighted by molar-refractivity contribution is 5.35. The van der Waals surface area contributed by atoms with E-state index in [1.165, 1.54) is 0 Å². The summed E-state index contributed by atoms with van der Waals surface area (Å²) in [5, 5.41) is 17.0. The van der Waals surface area contributed by atoms with E-state index in [4.69, 9.17) is 0 Å². The minimum atomic E-state index is -0.501. The van der Waals surface area contributed by atoms with Crippen LogP contribution in [0.3, 0.4) is 0 Å². The van der Waals surface area contributed by atoms with Crippen LogP contribution in [-0.2, 0) is 0 Å². The van der Waals surface area contributed by atoms with Gasteiger partial charge >= 0.3 is 0 Å². The fourth-order valence-electron chi connectivity index (χ4n) is 1.92. The molecule has 0 aliphatic carbocycles. The maximum Gasteiger partial charge on any atom is 0.206 e. The van der Waals surface area contributed by atoms with E-state index in [-0.39, 0.29) is 0 Å². The third kappa shape index (κ3) is 4.38. The molecule has 0 amide bonds. The van der Waals surface area contributed by atoms with Gasteiger partial charge in [-0.2, -0.15) is 15.3 Å². The molecular weight excluding hydrogens is 286 g/mol. The molecular formula is C18H15N5. The Balaban J connectivity index is 1.85. The van der Waals surface area contributed by atoms with Gasteiger partial charge in [-0.15, -0.1) is 5.11 Å². The number of aromatic nitrogens is 1. The van der Waals surface area contributed by atoms with E-state index in [0.29, 0.717) is 5.82 Å². The summed E-state index contributed by atoms with van der Waals surface area (Å²) in [6.07, 6.45) is 1.18. The lowest BCUT2D eigenvalue weighted by Crippen LogP contribution is -1.89. The van der Waals surface area contributed by atoms with Crippen molar-refractivity contribution < 1.29 is 0 Å². The van der Waals surface area contributed by atoms with Crippen LogP contribution in [0.25, 0.3) is 0 Å². The van der Waals surface area contributed by atoms with E-state index in [0.717, 1.165) is 11.3 Å². The molecule has 112 valence electrons. The first-order valence-electron chi connectivity index (χ1n) is 7.24. The Bertz CT molecular complexity index is 721. The summed E-state index contributed by atoms with van der Waals surface area (Å²) in [6.45, 7) is 0. The fraction of sp³-hybridized carbons (Fsp3) is 0.0556. The molecule has 0 radical (unpaired) electrons. The molecule has 3 aromatic rings. The second kappa shape index (κ2) is 7.70. The minimum absolute atomic E-state index is 0.501. The van der Waals surface area contributed by atoms with Crippen LogP contribution in [-0.4, -0.2) is 4.98 Å². The first-order valence-corrected chi connectivity index (χ1v) is 7.24. The lowest BCUT2D eigenvalue weighted by Gasteiger charge is -2.05. The maximum absolute atomic E-state index is 4.32. The summed E-state index contributed by atoms with van der Waals surface area (Å²) in [5.41, 5.74) is 1.70. The normalized spacial score (nSPS) is 12.7. The van der Waals surface area contributed by atoms with Crippen molar-refractivity contribution in [2.45, 2.75) is 6.17 Å². The highest BCUT2D eigenvalue weighted by Gasteiger charge is 2.08. The molecule has 0 saturated carbocycles. The fourth-order valence-corrected chi connectivity index (χ4v) is 1.92. The third-order valence-corrected chi connectivity index (χ3v) is 3.06. The molecule has 0 spiro atoms. The molecule has 23 heavy (non-hydrogen) atoms. The van der Waals surface area contributed by atoms with Gasteiger partial charge in [0.2, 0.25) is 6.17 Å². The average Bonchev–Trinajstić information content (AvgIpc) is 2.64. The Morgan fingerprint density at radius 1 is 0.652 bits per heavy atom. The quantitative estimate of drug-likeness (QED) is 0.562. The number of nitrogens with zero attached hydrogens (tertiary/aromatic N) is 5. The molecule has 2 aromatic carbocycles. The first-order chi connectivity index (χ1) is 11.4. The standard InChI is InChI=1S/C18H15N5/c1-3-9-15(10-4-1)18(22-20-16-11-5-2-6-12-16)23-21-17-13-7-8-14-19-17/h1-14,18H. The molecule has 0 fully saturated rings. The number of benzene rings is 2. The Labute approximate surface area is 134 Å². The van der Waals surface area contributed by atoms with Gasteiger partial charge in [0.1, 0.15) is 0 Å². The van der Waals surface area contributed by atoms with Gasteiger partial charge in [0.15, 0.2) is 5.82 Å². The van der Waals surface area contributed by atoms with Gasteiger partial charge < -0.3 is 0 Å². The van der Waals surface area contributed by atoms with Crippen molar-refractivity contribution in [3.8, 4) is 0 Å². The predicted molar refractivity (Wildman–Crippen MR) is 88.9 cm³/mol. The minimum Gasteiger partial charge on any atom is -0.236 e. The highest BCUT2D eigenvalue weighted by atomic mass is 15.3. The topological polar surface area (TPSA) is 62.3 Å². The summed E-state index contributed by atoms with van der Waals surface area (Å²) in [6, 6.07) is 24.8. The number of hydrogen-bond acceptors (Lipinski definition) is 5. The van der Waals surface area contributed by atoms with Crippen LogP contribution >= 0.6 is 0 Å². The Hall–Kier alpha value is -3.21. The molecule has 1 aromatic heterocycles. The van der Waals surface area contributed by atoms with E-state index in [1.807, 2.05) is 72.8 Å². The Morgan fingerprint density at radius 2 is 1.30 bits per heavy atom. The van der Waals surface area contributed by atoms with Gasteiger partial charge in [0.25, 0.3) is 0 Å². The van der Waals surface area contributed by atoms with Gasteiger partial charge in [-0.25, -0.2) is 4.98 Å². The summed E-state index contributed by atoms with van der Waals surface area (Å²) in [7, 11) is 0. The lowest BCUT2D eigenvalue weighted by molar-refractivity contribution is 0.687. The largest absolute Gasteiger partial charge is 0.236 e. The highest BCUT2D eigenvalue weighted by Crippen LogP contribution is 2.23. The van der Waals surface area contributed by atoms with Crippen LogP contribution in [0.1, 0.15) is 11.7 Å². The molecule has 1 unspecified atom stereocenters. The first kappa shape index (κ1) is 14.7. The van der Waals surface area contributed by atoms with Gasteiger partial charge in [-0.1, -0.05) is 54.6 Å². The van der Waals surface area contributed by atoms with Crippen LogP contribution in [0.15, 0.2) is 106 Å². The SMILES string of the molecule is c1ccc(N=NC(N=Nc2ccccn2)c2ccccc2)cc1. The molecule has 3 rings (SSSR count). The molecule has 5 heteroatoms. The zero-order valence-electron chi connectivity index (χ0n) is 12.4. The maximum atomic E-state index is 4.32. The van der Waals surface area contributed by atoms with Crippen molar-refractivity contribution >= 4 is 11.5 Å². The van der Waals surface area contributed by atoms with E-state index in [2.05, 4.69) is 25.4 Å². The van der Waals surface area contributed by atoms with Crippen molar-refractivity contribution in [3.63, 3.8) is 0 Å². The molecule has 0 saturated heterocycles. The average molecular weight is 301 g/mol. The van der Waals surface area contributed by atoms with Crippen molar-refractivity contribution in [2.24, 2.45) is 20.5 Å². The van der Waals surface area contributed by atoms with Crippen LogP contribution < -0.4 is 0 Å². The van der Waals surface area contributed by atoms with E-state index < -0.39 is 6.17 Å². The molecule has 5 nitrogen and oxygen atoms in total. The number of pyridine rings is 1. The smallest absolute Gasteiger partial charge is 0.206 e. The van der Waals surface area contributed by atoms with E-state index in [1.54, 1.807) is 12.3 Å². The summed E-state index contributed by atoms with van der Waals surface area (Å²) in [5.74, 6) is 0.545.